The molecule has 0 aromatic carbocycles. The van der Waals surface area contributed by atoms with Crippen LogP contribution >= 0.6 is 0 Å². The van der Waals surface area contributed by atoms with Crippen molar-refractivity contribution in [2.75, 3.05) is 0 Å². The van der Waals surface area contributed by atoms with Crippen molar-refractivity contribution in [1.82, 2.24) is 35.5 Å². The van der Waals surface area contributed by atoms with Crippen molar-refractivity contribution in [3.8, 4) is 0 Å². The Bertz CT molecular complexity index is 1440. The number of imidazole rings is 1. The number of fused-ring (bicyclic) bond motifs is 1. The maximum atomic E-state index is 14.4. The molecule has 3 heterocycles. The molecule has 16 heteroatoms. The zero-order chi connectivity index (χ0) is 30.4. The summed E-state index contributed by atoms with van der Waals surface area (Å²) in [7, 11) is 0. The number of rotatable bonds is 9. The van der Waals surface area contributed by atoms with Crippen LogP contribution < -0.4 is 10.6 Å². The van der Waals surface area contributed by atoms with Gasteiger partial charge in [0.25, 0.3) is 11.8 Å². The van der Waals surface area contributed by atoms with Crippen LogP contribution in [0.1, 0.15) is 85.0 Å². The predicted octanol–water partition coefficient (Wildman–Crippen LogP) is 4.82. The summed E-state index contributed by atoms with van der Waals surface area (Å²) in [5.41, 5.74) is 1.23. The fourth-order valence-corrected chi connectivity index (χ4v) is 5.23. The minimum absolute atomic E-state index is 0.0562. The first kappa shape index (κ1) is 29.8. The number of halogens is 6. The van der Waals surface area contributed by atoms with Gasteiger partial charge in [0, 0.05) is 12.8 Å². The quantitative estimate of drug-likeness (QED) is 0.337. The Balaban J connectivity index is 1.41. The summed E-state index contributed by atoms with van der Waals surface area (Å²) < 4.78 is 87.1. The summed E-state index contributed by atoms with van der Waals surface area (Å²) in [6.45, 7) is 2.14. The number of hydrogen-bond donors (Lipinski definition) is 2. The van der Waals surface area contributed by atoms with Crippen LogP contribution in [0.2, 0.25) is 0 Å². The molecule has 2 saturated carbocycles. The number of carbonyl (C=O) groups excluding carboxylic acids is 2. The van der Waals surface area contributed by atoms with Gasteiger partial charge in [-0.15, -0.1) is 0 Å². The van der Waals surface area contributed by atoms with Gasteiger partial charge in [0.15, 0.2) is 17.5 Å². The highest BCUT2D eigenvalue weighted by Gasteiger charge is 2.46. The standard InChI is InChI=1S/C26H29F6N7O3/c1-12(26(30,31)32)19(27)23(40)35-21(14-3-4-14)16-9-18-34-17(11-39(18)33-10-16)22(15-5-7-25(28,29)8-6-15)36-24(41)20-13(2)37-42-38-20/h9-12,14-15,19,21-22H,3-8H2,1-2H3,(H,35,40)(H,36,41)/t12-,19+,21?,22-/m0/s1. The highest BCUT2D eigenvalue weighted by Crippen LogP contribution is 2.43. The molecule has 42 heavy (non-hydrogen) atoms. The summed E-state index contributed by atoms with van der Waals surface area (Å²) in [4.78, 5) is 30.0. The second kappa shape index (κ2) is 11.2. The molecular formula is C26H29F6N7O3. The predicted molar refractivity (Wildman–Crippen MR) is 133 cm³/mol. The van der Waals surface area contributed by atoms with Gasteiger partial charge in [-0.05, 0) is 61.2 Å². The normalized spacial score (nSPS) is 20.6. The first-order valence-corrected chi connectivity index (χ1v) is 13.6. The van der Waals surface area contributed by atoms with Crippen molar-refractivity contribution in [2.45, 2.75) is 82.7 Å². The molecule has 2 aliphatic carbocycles. The Labute approximate surface area is 235 Å². The summed E-state index contributed by atoms with van der Waals surface area (Å²) in [6.07, 6.45) is -3.81. The third kappa shape index (κ3) is 6.36. The lowest BCUT2D eigenvalue weighted by atomic mass is 9.81. The molecule has 3 aromatic heterocycles. The molecule has 0 spiro atoms. The fourth-order valence-electron chi connectivity index (χ4n) is 5.23. The van der Waals surface area contributed by atoms with E-state index < -0.39 is 48.1 Å². The van der Waals surface area contributed by atoms with E-state index in [9.17, 15) is 35.9 Å². The molecule has 5 rings (SSSR count). The minimum Gasteiger partial charge on any atom is -0.346 e. The molecule has 2 N–H and O–H groups in total. The molecular weight excluding hydrogens is 572 g/mol. The van der Waals surface area contributed by atoms with E-state index in [0.29, 0.717) is 31.0 Å². The second-order valence-electron chi connectivity index (χ2n) is 11.2. The van der Waals surface area contributed by atoms with Gasteiger partial charge in [-0.1, -0.05) is 12.1 Å². The SMILES string of the molecule is Cc1nonc1C(=O)N[C@H](c1cn2ncc(C(NC(=O)[C@H](F)[C@H](C)C(F)(F)F)C3CC3)cc2n1)C1CCC(F)(F)CC1. The number of aryl methyl sites for hydroxylation is 1. The van der Waals surface area contributed by atoms with E-state index in [0.717, 1.165) is 0 Å². The topological polar surface area (TPSA) is 127 Å². The summed E-state index contributed by atoms with van der Waals surface area (Å²) in [5, 5.41) is 16.7. The average Bonchev–Trinajstić information content (AvgIpc) is 3.54. The van der Waals surface area contributed by atoms with E-state index in [4.69, 9.17) is 0 Å². The van der Waals surface area contributed by atoms with Crippen LogP contribution in [0.3, 0.4) is 0 Å². The maximum absolute atomic E-state index is 14.4. The molecule has 2 aliphatic rings. The van der Waals surface area contributed by atoms with Gasteiger partial charge in [0.1, 0.15) is 5.69 Å². The lowest BCUT2D eigenvalue weighted by Gasteiger charge is -2.33. The van der Waals surface area contributed by atoms with E-state index in [1.807, 2.05) is 0 Å². The number of alkyl halides is 6. The Kier molecular flexibility index (Phi) is 7.91. The molecule has 0 bridgehead atoms. The zero-order valence-electron chi connectivity index (χ0n) is 22.7. The van der Waals surface area contributed by atoms with Gasteiger partial charge in [-0.3, -0.25) is 9.59 Å². The molecule has 0 aliphatic heterocycles. The summed E-state index contributed by atoms with van der Waals surface area (Å²) >= 11 is 0. The molecule has 228 valence electrons. The van der Waals surface area contributed by atoms with Crippen LogP contribution in [-0.4, -0.2) is 55.0 Å². The number of hydrogen-bond acceptors (Lipinski definition) is 7. The number of nitrogens with one attached hydrogen (secondary N) is 2. The minimum atomic E-state index is -4.87. The molecule has 0 saturated heterocycles. The van der Waals surface area contributed by atoms with Crippen molar-refractivity contribution < 1.29 is 40.6 Å². The first-order valence-electron chi connectivity index (χ1n) is 13.6. The van der Waals surface area contributed by atoms with Crippen LogP contribution in [0, 0.1) is 24.7 Å². The van der Waals surface area contributed by atoms with Crippen LogP contribution in [0.4, 0.5) is 26.3 Å². The van der Waals surface area contributed by atoms with Crippen LogP contribution in [-0.2, 0) is 4.79 Å². The Morgan fingerprint density at radius 3 is 2.33 bits per heavy atom. The lowest BCUT2D eigenvalue weighted by Crippen LogP contribution is -2.43. The largest absolute Gasteiger partial charge is 0.394 e. The molecule has 0 radical (unpaired) electrons. The van der Waals surface area contributed by atoms with Crippen LogP contribution in [0.15, 0.2) is 23.1 Å². The van der Waals surface area contributed by atoms with Gasteiger partial charge < -0.3 is 10.6 Å². The fraction of sp³-hybridized carbons (Fsp3) is 0.615. The number of nitrogens with zero attached hydrogens (tertiary/aromatic N) is 5. The number of amides is 2. The van der Waals surface area contributed by atoms with Crippen molar-refractivity contribution in [1.29, 1.82) is 0 Å². The molecule has 10 nitrogen and oxygen atoms in total. The molecule has 3 aromatic rings. The van der Waals surface area contributed by atoms with Gasteiger partial charge >= 0.3 is 6.18 Å². The summed E-state index contributed by atoms with van der Waals surface area (Å²) in [6, 6.07) is -0.00253. The van der Waals surface area contributed by atoms with E-state index >= 15 is 0 Å². The molecule has 1 unspecified atom stereocenters. The van der Waals surface area contributed by atoms with E-state index in [1.165, 1.54) is 23.8 Å². The first-order chi connectivity index (χ1) is 19.7. The monoisotopic (exact) mass is 601 g/mol. The van der Waals surface area contributed by atoms with Crippen molar-refractivity contribution in [3.63, 3.8) is 0 Å². The molecule has 2 fully saturated rings. The van der Waals surface area contributed by atoms with Crippen LogP contribution in [0.25, 0.3) is 5.65 Å². The second-order valence-corrected chi connectivity index (χ2v) is 11.2. The zero-order valence-corrected chi connectivity index (χ0v) is 22.7. The average molecular weight is 602 g/mol. The highest BCUT2D eigenvalue weighted by atomic mass is 19.4. The van der Waals surface area contributed by atoms with Gasteiger partial charge in [0.05, 0.1) is 36.1 Å². The van der Waals surface area contributed by atoms with Gasteiger partial charge in [0.2, 0.25) is 5.92 Å². The Morgan fingerprint density at radius 1 is 1.07 bits per heavy atom. The van der Waals surface area contributed by atoms with E-state index in [1.54, 1.807) is 6.07 Å². The molecule has 4 atom stereocenters. The van der Waals surface area contributed by atoms with E-state index in [-0.39, 0.29) is 54.6 Å². The smallest absolute Gasteiger partial charge is 0.346 e. The van der Waals surface area contributed by atoms with Crippen molar-refractivity contribution >= 4 is 17.5 Å². The number of aromatic nitrogens is 5. The van der Waals surface area contributed by atoms with Crippen molar-refractivity contribution in [3.05, 3.63) is 41.1 Å². The van der Waals surface area contributed by atoms with Gasteiger partial charge in [-0.2, -0.15) is 18.3 Å². The van der Waals surface area contributed by atoms with Crippen molar-refractivity contribution in [2.24, 2.45) is 17.8 Å². The number of carbonyl (C=O) groups is 2. The Hall–Kier alpha value is -3.72. The maximum Gasteiger partial charge on any atom is 0.394 e. The summed E-state index contributed by atoms with van der Waals surface area (Å²) in [5.74, 6) is -7.75. The van der Waals surface area contributed by atoms with Gasteiger partial charge in [-0.25, -0.2) is 27.3 Å². The Morgan fingerprint density at radius 2 is 1.74 bits per heavy atom. The molecule has 2 amide bonds. The third-order valence-electron chi connectivity index (χ3n) is 8.02. The van der Waals surface area contributed by atoms with E-state index in [2.05, 4.69) is 35.7 Å². The third-order valence-corrected chi connectivity index (χ3v) is 8.02. The van der Waals surface area contributed by atoms with Crippen LogP contribution in [0.5, 0.6) is 0 Å². The lowest BCUT2D eigenvalue weighted by molar-refractivity contribution is -0.188. The highest BCUT2D eigenvalue weighted by molar-refractivity contribution is 5.93.